The molecule has 7 heteroatoms. The van der Waals surface area contributed by atoms with E-state index in [9.17, 15) is 18.7 Å². The zero-order chi connectivity index (χ0) is 26.8. The topological polar surface area (TPSA) is 63.8 Å². The number of hydrogen-bond acceptors (Lipinski definition) is 4. The molecule has 0 saturated heterocycles. The van der Waals surface area contributed by atoms with Gasteiger partial charge in [-0.1, -0.05) is 56.3 Å². The molecule has 4 aromatic rings. The predicted molar refractivity (Wildman–Crippen MR) is 144 cm³/mol. The lowest BCUT2D eigenvalue weighted by molar-refractivity contribution is 0.0982. The Balaban J connectivity index is 1.59. The van der Waals surface area contributed by atoms with Crippen LogP contribution in [0.3, 0.4) is 0 Å². The van der Waals surface area contributed by atoms with Gasteiger partial charge in [-0.2, -0.15) is 0 Å². The number of nitrogens with zero attached hydrogens (tertiary/aromatic N) is 2. The number of hydrogen-bond donors (Lipinski definition) is 1. The van der Waals surface area contributed by atoms with Gasteiger partial charge >= 0.3 is 0 Å². The van der Waals surface area contributed by atoms with Crippen LogP contribution >= 0.6 is 0 Å². The number of ketones is 1. The molecule has 38 heavy (non-hydrogen) atoms. The molecule has 5 rings (SSSR count). The third-order valence-electron chi connectivity index (χ3n) is 6.91. The molecule has 0 aliphatic carbocycles. The minimum atomic E-state index is -0.912. The van der Waals surface area contributed by atoms with Crippen LogP contribution in [0.25, 0.3) is 10.9 Å². The van der Waals surface area contributed by atoms with Crippen molar-refractivity contribution in [1.29, 1.82) is 0 Å². The zero-order valence-corrected chi connectivity index (χ0v) is 21.5. The van der Waals surface area contributed by atoms with Crippen molar-refractivity contribution in [3.05, 3.63) is 106 Å². The normalized spacial score (nSPS) is 15.2. The minimum absolute atomic E-state index is 0.0437. The predicted octanol–water partition coefficient (Wildman–Crippen LogP) is 6.04. The standard InChI is InChI=1S/C31H30F2N2O3/c1-19(2)30-29(28(37)13-9-20-8-12-25(32)26(33)14-20)24-11-10-22(31-34-23(17-36)18-38-31)15-27(24)35(30)16-21-6-4-3-5-7-21/h3-8,10-12,14-15,19,23,36H,9,13,16-18H2,1-2H3/t23-/m0/s1. The maximum Gasteiger partial charge on any atom is 0.216 e. The van der Waals surface area contributed by atoms with Gasteiger partial charge in [0.15, 0.2) is 17.4 Å². The van der Waals surface area contributed by atoms with Gasteiger partial charge in [0.05, 0.1) is 12.1 Å². The quantitative estimate of drug-likeness (QED) is 0.276. The highest BCUT2D eigenvalue weighted by Crippen LogP contribution is 2.34. The van der Waals surface area contributed by atoms with Crippen LogP contribution in [-0.2, 0) is 17.7 Å². The van der Waals surface area contributed by atoms with E-state index in [0.29, 0.717) is 36.6 Å². The number of rotatable bonds is 9. The number of carbonyl (C=O) groups excluding carboxylic acids is 1. The molecule has 0 saturated carbocycles. The van der Waals surface area contributed by atoms with Crippen LogP contribution in [0.2, 0.25) is 0 Å². The average Bonchev–Trinajstić information content (AvgIpc) is 3.53. The maximum atomic E-state index is 13.7. The van der Waals surface area contributed by atoms with Crippen LogP contribution in [0.15, 0.2) is 71.7 Å². The molecule has 1 aromatic heterocycles. The number of carbonyl (C=O) groups is 1. The van der Waals surface area contributed by atoms with Gasteiger partial charge in [-0.25, -0.2) is 13.8 Å². The van der Waals surface area contributed by atoms with Gasteiger partial charge in [0.2, 0.25) is 5.90 Å². The highest BCUT2D eigenvalue weighted by atomic mass is 19.2. The number of Topliss-reactive ketones (excluding diaryl/α,β-unsaturated/α-hetero) is 1. The highest BCUT2D eigenvalue weighted by molar-refractivity contribution is 6.11. The van der Waals surface area contributed by atoms with Crippen LogP contribution in [0.5, 0.6) is 0 Å². The Morgan fingerprint density at radius 1 is 1.05 bits per heavy atom. The van der Waals surface area contributed by atoms with Gasteiger partial charge in [-0.15, -0.1) is 0 Å². The molecule has 0 bridgehead atoms. The Kier molecular flexibility index (Phi) is 7.38. The number of halogens is 2. The lowest BCUT2D eigenvalue weighted by Crippen LogP contribution is -2.11. The second-order valence-corrected chi connectivity index (χ2v) is 9.97. The Labute approximate surface area is 220 Å². The number of aromatic nitrogens is 1. The number of aliphatic hydroxyl groups is 1. The summed E-state index contributed by atoms with van der Waals surface area (Å²) in [5.41, 5.74) is 4.95. The Morgan fingerprint density at radius 2 is 1.84 bits per heavy atom. The lowest BCUT2D eigenvalue weighted by Gasteiger charge is -2.15. The van der Waals surface area contributed by atoms with Crippen molar-refractivity contribution in [2.24, 2.45) is 4.99 Å². The van der Waals surface area contributed by atoms with E-state index in [1.54, 1.807) is 0 Å². The minimum Gasteiger partial charge on any atom is -0.475 e. The van der Waals surface area contributed by atoms with E-state index in [1.807, 2.05) is 36.4 Å². The van der Waals surface area contributed by atoms with E-state index >= 15 is 0 Å². The van der Waals surface area contributed by atoms with Crippen LogP contribution in [0.4, 0.5) is 8.78 Å². The monoisotopic (exact) mass is 516 g/mol. The van der Waals surface area contributed by atoms with Crippen LogP contribution in [-0.4, -0.2) is 40.6 Å². The lowest BCUT2D eigenvalue weighted by atomic mass is 9.96. The third kappa shape index (κ3) is 5.11. The molecule has 1 aliphatic rings. The molecule has 3 aromatic carbocycles. The van der Waals surface area contributed by atoms with Crippen molar-refractivity contribution < 1.29 is 23.4 Å². The molecule has 0 spiro atoms. The molecule has 2 heterocycles. The van der Waals surface area contributed by atoms with E-state index in [1.165, 1.54) is 6.07 Å². The summed E-state index contributed by atoms with van der Waals surface area (Å²) in [7, 11) is 0. The first-order valence-corrected chi connectivity index (χ1v) is 12.8. The van der Waals surface area contributed by atoms with Crippen molar-refractivity contribution in [3.63, 3.8) is 0 Å². The molecule has 1 N–H and O–H groups in total. The van der Waals surface area contributed by atoms with Gasteiger partial charge in [0, 0.05) is 35.2 Å². The number of aryl methyl sites for hydroxylation is 1. The van der Waals surface area contributed by atoms with Gasteiger partial charge in [-0.05, 0) is 47.7 Å². The van der Waals surface area contributed by atoms with Crippen molar-refractivity contribution in [3.8, 4) is 0 Å². The largest absolute Gasteiger partial charge is 0.475 e. The number of ether oxygens (including phenoxy) is 1. The Hall–Kier alpha value is -3.84. The van der Waals surface area contributed by atoms with Gasteiger partial charge in [0.25, 0.3) is 0 Å². The first-order valence-electron chi connectivity index (χ1n) is 12.8. The van der Waals surface area contributed by atoms with Gasteiger partial charge in [0.1, 0.15) is 12.6 Å². The van der Waals surface area contributed by atoms with Crippen molar-refractivity contribution in [1.82, 2.24) is 4.57 Å². The van der Waals surface area contributed by atoms with Crippen molar-refractivity contribution >= 4 is 22.6 Å². The fourth-order valence-corrected chi connectivity index (χ4v) is 5.08. The van der Waals surface area contributed by atoms with E-state index in [4.69, 9.17) is 4.74 Å². The summed E-state index contributed by atoms with van der Waals surface area (Å²) < 4.78 is 35.0. The molecule has 0 unspecified atom stereocenters. The summed E-state index contributed by atoms with van der Waals surface area (Å²) in [5, 5.41) is 10.3. The van der Waals surface area contributed by atoms with Crippen molar-refractivity contribution in [2.45, 2.75) is 45.2 Å². The van der Waals surface area contributed by atoms with Crippen LogP contribution < -0.4 is 0 Å². The smallest absolute Gasteiger partial charge is 0.216 e. The summed E-state index contributed by atoms with van der Waals surface area (Å²) in [6, 6.07) is 19.4. The van der Waals surface area contributed by atoms with E-state index in [-0.39, 0.29) is 30.8 Å². The molecule has 1 atom stereocenters. The van der Waals surface area contributed by atoms with Gasteiger partial charge in [-0.3, -0.25) is 4.79 Å². The molecule has 1 aliphatic heterocycles. The van der Waals surface area contributed by atoms with Crippen LogP contribution in [0, 0.1) is 11.6 Å². The van der Waals surface area contributed by atoms with Crippen LogP contribution in [0.1, 0.15) is 58.9 Å². The second kappa shape index (κ2) is 10.9. The third-order valence-corrected chi connectivity index (χ3v) is 6.91. The Morgan fingerprint density at radius 3 is 2.53 bits per heavy atom. The number of fused-ring (bicyclic) bond motifs is 1. The van der Waals surface area contributed by atoms with E-state index < -0.39 is 11.6 Å². The fraction of sp³-hybridized carbons (Fsp3) is 0.290. The SMILES string of the molecule is CC(C)c1c(C(=O)CCc2ccc(F)c(F)c2)c2ccc(C3=N[C@@H](CO)CO3)cc2n1Cc1ccccc1. The first kappa shape index (κ1) is 25.8. The number of benzene rings is 3. The fourth-order valence-electron chi connectivity index (χ4n) is 5.08. The van der Waals surface area contributed by atoms with E-state index in [0.717, 1.165) is 39.9 Å². The van der Waals surface area contributed by atoms with E-state index in [2.05, 4.69) is 35.5 Å². The molecular formula is C31H30F2N2O3. The molecule has 0 radical (unpaired) electrons. The Bertz CT molecular complexity index is 1510. The highest BCUT2D eigenvalue weighted by Gasteiger charge is 2.26. The molecule has 5 nitrogen and oxygen atoms in total. The molecule has 0 fully saturated rings. The molecule has 196 valence electrons. The number of aliphatic hydroxyl groups excluding tert-OH is 1. The van der Waals surface area contributed by atoms with Gasteiger partial charge < -0.3 is 14.4 Å². The number of aliphatic imine (C=N–C) groups is 1. The summed E-state index contributed by atoms with van der Waals surface area (Å²) in [6.45, 7) is 4.97. The average molecular weight is 517 g/mol. The molecular weight excluding hydrogens is 486 g/mol. The van der Waals surface area contributed by atoms with Crippen molar-refractivity contribution in [2.75, 3.05) is 13.2 Å². The zero-order valence-electron chi connectivity index (χ0n) is 21.5. The summed E-state index contributed by atoms with van der Waals surface area (Å²) in [6.07, 6.45) is 0.481. The second-order valence-electron chi connectivity index (χ2n) is 9.97. The summed E-state index contributed by atoms with van der Waals surface area (Å²) in [5.74, 6) is -1.32. The molecule has 0 amide bonds. The summed E-state index contributed by atoms with van der Waals surface area (Å²) >= 11 is 0. The first-order chi connectivity index (χ1) is 18.4. The maximum absolute atomic E-state index is 13.7. The summed E-state index contributed by atoms with van der Waals surface area (Å²) in [4.78, 5) is 18.2.